The van der Waals surface area contributed by atoms with Crippen molar-refractivity contribution in [1.82, 2.24) is 5.32 Å². The lowest BCUT2D eigenvalue weighted by atomic mass is 10.1. The minimum atomic E-state index is -0.676. The molecule has 1 aromatic carbocycles. The summed E-state index contributed by atoms with van der Waals surface area (Å²) in [6.45, 7) is 4.54. The number of aryl methyl sites for hydroxylation is 1. The van der Waals surface area contributed by atoms with E-state index in [4.69, 9.17) is 23.2 Å². The van der Waals surface area contributed by atoms with Crippen molar-refractivity contribution >= 4 is 29.1 Å². The second-order valence-electron chi connectivity index (χ2n) is 3.66. The largest absolute Gasteiger partial charge is 0.355 e. The van der Waals surface area contributed by atoms with Crippen molar-refractivity contribution in [2.24, 2.45) is 0 Å². The number of carbonyl (C=O) groups is 1. The number of nitrogens with one attached hydrogen (secondary N) is 1. The molecule has 1 atom stereocenters. The SMILES string of the molecule is CCCNC(=O)C(Cl)c1ccc(C)c(Cl)c1. The van der Waals surface area contributed by atoms with E-state index in [2.05, 4.69) is 5.32 Å². The van der Waals surface area contributed by atoms with E-state index in [1.807, 2.05) is 26.0 Å². The fourth-order valence-corrected chi connectivity index (χ4v) is 1.66. The molecule has 0 aliphatic heterocycles. The molecule has 0 bridgehead atoms. The Bertz CT molecular complexity index is 379. The zero-order chi connectivity index (χ0) is 12.1. The molecule has 1 N–H and O–H groups in total. The van der Waals surface area contributed by atoms with Gasteiger partial charge in [0.15, 0.2) is 0 Å². The zero-order valence-corrected chi connectivity index (χ0v) is 10.9. The molecule has 0 heterocycles. The molecule has 88 valence electrons. The molecule has 1 rings (SSSR count). The Morgan fingerprint density at radius 2 is 2.19 bits per heavy atom. The van der Waals surface area contributed by atoms with Crippen LogP contribution in [0.25, 0.3) is 0 Å². The number of carbonyl (C=O) groups excluding carboxylic acids is 1. The third-order valence-electron chi connectivity index (χ3n) is 2.27. The number of halogens is 2. The van der Waals surface area contributed by atoms with Gasteiger partial charge in [-0.05, 0) is 30.5 Å². The van der Waals surface area contributed by atoms with Crippen LogP contribution in [0.15, 0.2) is 18.2 Å². The molecule has 0 aliphatic rings. The van der Waals surface area contributed by atoms with Gasteiger partial charge in [-0.15, -0.1) is 11.6 Å². The van der Waals surface area contributed by atoms with Gasteiger partial charge in [-0.1, -0.05) is 30.7 Å². The van der Waals surface area contributed by atoms with Gasteiger partial charge in [0.2, 0.25) is 5.91 Å². The van der Waals surface area contributed by atoms with Crippen LogP contribution in [-0.4, -0.2) is 12.5 Å². The number of rotatable bonds is 4. The van der Waals surface area contributed by atoms with Gasteiger partial charge in [0.05, 0.1) is 0 Å². The highest BCUT2D eigenvalue weighted by molar-refractivity contribution is 6.33. The molecule has 0 saturated heterocycles. The van der Waals surface area contributed by atoms with E-state index in [0.717, 1.165) is 17.5 Å². The summed E-state index contributed by atoms with van der Waals surface area (Å²) < 4.78 is 0. The molecule has 0 fully saturated rings. The van der Waals surface area contributed by atoms with Gasteiger partial charge >= 0.3 is 0 Å². The van der Waals surface area contributed by atoms with E-state index in [0.29, 0.717) is 11.6 Å². The highest BCUT2D eigenvalue weighted by Gasteiger charge is 2.17. The Hall–Kier alpha value is -0.730. The third-order valence-corrected chi connectivity index (χ3v) is 3.13. The zero-order valence-electron chi connectivity index (χ0n) is 9.39. The van der Waals surface area contributed by atoms with Gasteiger partial charge in [0.1, 0.15) is 5.38 Å². The van der Waals surface area contributed by atoms with Gasteiger partial charge < -0.3 is 5.32 Å². The lowest BCUT2D eigenvalue weighted by Crippen LogP contribution is -2.27. The fourth-order valence-electron chi connectivity index (χ4n) is 1.26. The third kappa shape index (κ3) is 3.39. The molecule has 1 amide bonds. The predicted octanol–water partition coefficient (Wildman–Crippen LogP) is 3.45. The number of hydrogen-bond acceptors (Lipinski definition) is 1. The van der Waals surface area contributed by atoms with Crippen molar-refractivity contribution in [3.63, 3.8) is 0 Å². The molecule has 0 aliphatic carbocycles. The van der Waals surface area contributed by atoms with E-state index in [1.54, 1.807) is 6.07 Å². The number of benzene rings is 1. The quantitative estimate of drug-likeness (QED) is 0.825. The molecule has 0 saturated carbocycles. The van der Waals surface area contributed by atoms with Gasteiger partial charge in [0.25, 0.3) is 0 Å². The molecular weight excluding hydrogens is 245 g/mol. The predicted molar refractivity (Wildman–Crippen MR) is 68.1 cm³/mol. The van der Waals surface area contributed by atoms with Crippen LogP contribution in [0.2, 0.25) is 5.02 Å². The molecular formula is C12H15Cl2NO. The highest BCUT2D eigenvalue weighted by atomic mass is 35.5. The standard InChI is InChI=1S/C12H15Cl2NO/c1-3-6-15-12(16)11(14)9-5-4-8(2)10(13)7-9/h4-5,7,11H,3,6H2,1-2H3,(H,15,16). The lowest BCUT2D eigenvalue weighted by molar-refractivity contribution is -0.120. The Morgan fingerprint density at radius 3 is 2.75 bits per heavy atom. The monoisotopic (exact) mass is 259 g/mol. The van der Waals surface area contributed by atoms with Gasteiger partial charge in [0, 0.05) is 11.6 Å². The molecule has 0 spiro atoms. The molecule has 16 heavy (non-hydrogen) atoms. The summed E-state index contributed by atoms with van der Waals surface area (Å²) in [5, 5.41) is 2.71. The Kier molecular flexibility index (Phi) is 5.10. The van der Waals surface area contributed by atoms with Crippen molar-refractivity contribution in [3.05, 3.63) is 34.3 Å². The van der Waals surface area contributed by atoms with Gasteiger partial charge in [-0.3, -0.25) is 4.79 Å². The average Bonchev–Trinajstić information content (AvgIpc) is 2.28. The summed E-state index contributed by atoms with van der Waals surface area (Å²) in [7, 11) is 0. The maximum Gasteiger partial charge on any atom is 0.242 e. The molecule has 4 heteroatoms. The van der Waals surface area contributed by atoms with Crippen LogP contribution in [0.4, 0.5) is 0 Å². The fraction of sp³-hybridized carbons (Fsp3) is 0.417. The summed E-state index contributed by atoms with van der Waals surface area (Å²) in [6.07, 6.45) is 0.893. The summed E-state index contributed by atoms with van der Waals surface area (Å²) in [5.41, 5.74) is 1.70. The molecule has 0 radical (unpaired) electrons. The molecule has 1 unspecified atom stereocenters. The maximum absolute atomic E-state index is 11.6. The van der Waals surface area contributed by atoms with E-state index in [1.165, 1.54) is 0 Å². The minimum Gasteiger partial charge on any atom is -0.355 e. The number of hydrogen-bond donors (Lipinski definition) is 1. The first-order chi connectivity index (χ1) is 7.56. The minimum absolute atomic E-state index is 0.177. The number of amides is 1. The van der Waals surface area contributed by atoms with Gasteiger partial charge in [-0.2, -0.15) is 0 Å². The van der Waals surface area contributed by atoms with Crippen molar-refractivity contribution in [3.8, 4) is 0 Å². The van der Waals surface area contributed by atoms with Crippen molar-refractivity contribution < 1.29 is 4.79 Å². The van der Waals surface area contributed by atoms with Crippen molar-refractivity contribution in [2.75, 3.05) is 6.54 Å². The van der Waals surface area contributed by atoms with E-state index < -0.39 is 5.38 Å². The highest BCUT2D eigenvalue weighted by Crippen LogP contribution is 2.25. The summed E-state index contributed by atoms with van der Waals surface area (Å²) in [4.78, 5) is 11.6. The number of alkyl halides is 1. The van der Waals surface area contributed by atoms with E-state index >= 15 is 0 Å². The first-order valence-corrected chi connectivity index (χ1v) is 6.05. The van der Waals surface area contributed by atoms with Gasteiger partial charge in [-0.25, -0.2) is 0 Å². The Labute approximate surface area is 106 Å². The molecule has 0 aromatic heterocycles. The second kappa shape index (κ2) is 6.12. The second-order valence-corrected chi connectivity index (χ2v) is 4.51. The van der Waals surface area contributed by atoms with Crippen LogP contribution in [0.1, 0.15) is 29.8 Å². The van der Waals surface area contributed by atoms with Crippen LogP contribution in [-0.2, 0) is 4.79 Å². The van der Waals surface area contributed by atoms with Crippen molar-refractivity contribution in [2.45, 2.75) is 25.6 Å². The van der Waals surface area contributed by atoms with E-state index in [9.17, 15) is 4.79 Å². The Morgan fingerprint density at radius 1 is 1.50 bits per heavy atom. The Balaban J connectivity index is 2.75. The van der Waals surface area contributed by atoms with Crippen LogP contribution < -0.4 is 5.32 Å². The first-order valence-electron chi connectivity index (χ1n) is 5.24. The van der Waals surface area contributed by atoms with Crippen LogP contribution in [0, 0.1) is 6.92 Å². The molecule has 2 nitrogen and oxygen atoms in total. The first kappa shape index (κ1) is 13.3. The van der Waals surface area contributed by atoms with Crippen LogP contribution >= 0.6 is 23.2 Å². The van der Waals surface area contributed by atoms with Crippen molar-refractivity contribution in [1.29, 1.82) is 0 Å². The topological polar surface area (TPSA) is 29.1 Å². The average molecular weight is 260 g/mol. The maximum atomic E-state index is 11.6. The van der Waals surface area contributed by atoms with E-state index in [-0.39, 0.29) is 5.91 Å². The normalized spacial score (nSPS) is 12.2. The lowest BCUT2D eigenvalue weighted by Gasteiger charge is -2.11. The van der Waals surface area contributed by atoms with Crippen LogP contribution in [0.3, 0.4) is 0 Å². The summed E-state index contributed by atoms with van der Waals surface area (Å²) >= 11 is 12.0. The van der Waals surface area contributed by atoms with Crippen LogP contribution in [0.5, 0.6) is 0 Å². The summed E-state index contributed by atoms with van der Waals surface area (Å²) in [6, 6.07) is 5.42. The summed E-state index contributed by atoms with van der Waals surface area (Å²) in [5.74, 6) is -0.177. The smallest absolute Gasteiger partial charge is 0.242 e. The molecule has 1 aromatic rings.